The molecule has 0 saturated carbocycles. The fourth-order valence-electron chi connectivity index (χ4n) is 1.97. The highest BCUT2D eigenvalue weighted by Crippen LogP contribution is 2.23. The first-order chi connectivity index (χ1) is 9.28. The normalized spacial score (nSPS) is 10.4. The average Bonchev–Trinajstić information content (AvgIpc) is 2.83. The van der Waals surface area contributed by atoms with Crippen LogP contribution in [0.15, 0.2) is 30.5 Å². The Hall–Kier alpha value is -2.10. The van der Waals surface area contributed by atoms with Crippen LogP contribution in [0.4, 0.5) is 0 Å². The lowest BCUT2D eigenvalue weighted by atomic mass is 10.1. The van der Waals surface area contributed by atoms with E-state index in [1.165, 1.54) is 0 Å². The molecular formula is C15H18N2O2. The number of aryl methyl sites for hydroxylation is 1. The van der Waals surface area contributed by atoms with E-state index in [9.17, 15) is 4.79 Å². The van der Waals surface area contributed by atoms with Crippen molar-refractivity contribution in [3.05, 3.63) is 36.0 Å². The lowest BCUT2D eigenvalue weighted by molar-refractivity contribution is 0.112. The second-order valence-electron chi connectivity index (χ2n) is 4.27. The van der Waals surface area contributed by atoms with Crippen LogP contribution in [0.5, 0.6) is 5.75 Å². The molecule has 0 bridgehead atoms. The first-order valence-corrected chi connectivity index (χ1v) is 6.54. The molecular weight excluding hydrogens is 240 g/mol. The van der Waals surface area contributed by atoms with Crippen molar-refractivity contribution in [2.24, 2.45) is 0 Å². The minimum Gasteiger partial charge on any atom is -0.494 e. The fraction of sp³-hybridized carbons (Fsp3) is 0.333. The van der Waals surface area contributed by atoms with Crippen molar-refractivity contribution >= 4 is 6.29 Å². The Balaban J connectivity index is 2.31. The van der Waals surface area contributed by atoms with Crippen molar-refractivity contribution < 1.29 is 9.53 Å². The predicted octanol–water partition coefficient (Wildman–Crippen LogP) is 3.17. The summed E-state index contributed by atoms with van der Waals surface area (Å²) >= 11 is 0. The van der Waals surface area contributed by atoms with Crippen LogP contribution in [0.3, 0.4) is 0 Å². The van der Waals surface area contributed by atoms with Crippen LogP contribution >= 0.6 is 0 Å². The maximum Gasteiger partial charge on any atom is 0.153 e. The number of hydrogen-bond donors (Lipinski definition) is 0. The van der Waals surface area contributed by atoms with E-state index >= 15 is 0 Å². The van der Waals surface area contributed by atoms with Crippen LogP contribution in [-0.2, 0) is 6.54 Å². The van der Waals surface area contributed by atoms with Gasteiger partial charge in [0.1, 0.15) is 11.4 Å². The van der Waals surface area contributed by atoms with E-state index in [1.54, 1.807) is 6.20 Å². The van der Waals surface area contributed by atoms with Crippen molar-refractivity contribution in [1.82, 2.24) is 9.78 Å². The third-order valence-corrected chi connectivity index (χ3v) is 2.81. The third-order valence-electron chi connectivity index (χ3n) is 2.81. The topological polar surface area (TPSA) is 44.1 Å². The van der Waals surface area contributed by atoms with Crippen LogP contribution < -0.4 is 4.74 Å². The van der Waals surface area contributed by atoms with Gasteiger partial charge in [-0.1, -0.05) is 6.92 Å². The molecule has 0 atom stereocenters. The summed E-state index contributed by atoms with van der Waals surface area (Å²) in [5.74, 6) is 0.826. The van der Waals surface area contributed by atoms with Gasteiger partial charge in [0.2, 0.25) is 0 Å². The molecule has 0 aliphatic carbocycles. The van der Waals surface area contributed by atoms with Crippen LogP contribution in [0, 0.1) is 0 Å². The molecule has 0 amide bonds. The number of nitrogens with zero attached hydrogens (tertiary/aromatic N) is 2. The van der Waals surface area contributed by atoms with Gasteiger partial charge >= 0.3 is 0 Å². The van der Waals surface area contributed by atoms with E-state index < -0.39 is 0 Å². The maximum absolute atomic E-state index is 11.1. The molecule has 0 unspecified atom stereocenters. The first-order valence-electron chi connectivity index (χ1n) is 6.54. The molecule has 1 heterocycles. The highest BCUT2D eigenvalue weighted by atomic mass is 16.5. The van der Waals surface area contributed by atoms with Crippen molar-refractivity contribution in [3.8, 4) is 17.0 Å². The Bertz CT molecular complexity index is 544. The molecule has 1 aromatic carbocycles. The monoisotopic (exact) mass is 258 g/mol. The number of carbonyl (C=O) groups excluding carboxylic acids is 1. The van der Waals surface area contributed by atoms with E-state index in [-0.39, 0.29) is 0 Å². The molecule has 19 heavy (non-hydrogen) atoms. The largest absolute Gasteiger partial charge is 0.494 e. The molecule has 4 nitrogen and oxygen atoms in total. The Kier molecular flexibility index (Phi) is 4.34. The Morgan fingerprint density at radius 2 is 2.00 bits per heavy atom. The third kappa shape index (κ3) is 3.02. The molecule has 0 N–H and O–H groups in total. The zero-order chi connectivity index (χ0) is 13.7. The zero-order valence-electron chi connectivity index (χ0n) is 11.3. The van der Waals surface area contributed by atoms with Crippen LogP contribution in [0.25, 0.3) is 11.3 Å². The Morgan fingerprint density at radius 1 is 1.26 bits per heavy atom. The minimum absolute atomic E-state index is 0.623. The molecule has 0 spiro atoms. The Morgan fingerprint density at radius 3 is 2.58 bits per heavy atom. The van der Waals surface area contributed by atoms with Crippen LogP contribution in [0.2, 0.25) is 0 Å². The van der Waals surface area contributed by atoms with Crippen molar-refractivity contribution in [1.29, 1.82) is 0 Å². The van der Waals surface area contributed by atoms with Crippen molar-refractivity contribution in [3.63, 3.8) is 0 Å². The zero-order valence-corrected chi connectivity index (χ0v) is 11.3. The number of rotatable bonds is 6. The number of aldehydes is 1. The van der Waals surface area contributed by atoms with E-state index in [1.807, 2.05) is 35.9 Å². The highest BCUT2D eigenvalue weighted by molar-refractivity contribution is 5.85. The van der Waals surface area contributed by atoms with Gasteiger partial charge in [-0.25, -0.2) is 0 Å². The smallest absolute Gasteiger partial charge is 0.153 e. The molecule has 100 valence electrons. The van der Waals surface area contributed by atoms with Gasteiger partial charge < -0.3 is 4.74 Å². The first kappa shape index (κ1) is 13.3. The molecule has 0 aliphatic rings. The second kappa shape index (κ2) is 6.18. The average molecular weight is 258 g/mol. The SMILES string of the molecule is CCCn1cc(C=O)c(-c2ccc(OCC)cc2)n1. The summed E-state index contributed by atoms with van der Waals surface area (Å²) in [5.41, 5.74) is 2.28. The lowest BCUT2D eigenvalue weighted by Gasteiger charge is -2.03. The molecule has 2 rings (SSSR count). The number of carbonyl (C=O) groups is 1. The maximum atomic E-state index is 11.1. The number of aromatic nitrogens is 2. The second-order valence-corrected chi connectivity index (χ2v) is 4.27. The van der Waals surface area contributed by atoms with Gasteiger partial charge in [0, 0.05) is 18.3 Å². The predicted molar refractivity (Wildman–Crippen MR) is 74.5 cm³/mol. The quantitative estimate of drug-likeness (QED) is 0.747. The van der Waals surface area contributed by atoms with Crippen LogP contribution in [0.1, 0.15) is 30.6 Å². The number of hydrogen-bond acceptors (Lipinski definition) is 3. The van der Waals surface area contributed by atoms with Gasteiger partial charge in [-0.05, 0) is 37.6 Å². The van der Waals surface area contributed by atoms with Crippen molar-refractivity contribution in [2.75, 3.05) is 6.61 Å². The van der Waals surface area contributed by atoms with E-state index in [2.05, 4.69) is 12.0 Å². The summed E-state index contributed by atoms with van der Waals surface area (Å²) in [6, 6.07) is 7.64. The van der Waals surface area contributed by atoms with Gasteiger partial charge in [-0.15, -0.1) is 0 Å². The van der Waals surface area contributed by atoms with Crippen molar-refractivity contribution in [2.45, 2.75) is 26.8 Å². The highest BCUT2D eigenvalue weighted by Gasteiger charge is 2.10. The molecule has 0 fully saturated rings. The summed E-state index contributed by atoms with van der Waals surface area (Å²) in [6.07, 6.45) is 3.63. The summed E-state index contributed by atoms with van der Waals surface area (Å²) in [6.45, 7) is 5.49. The van der Waals surface area contributed by atoms with Gasteiger partial charge in [-0.2, -0.15) is 5.10 Å². The fourth-order valence-corrected chi connectivity index (χ4v) is 1.97. The summed E-state index contributed by atoms with van der Waals surface area (Å²) in [7, 11) is 0. The molecule has 4 heteroatoms. The van der Waals surface area contributed by atoms with Gasteiger partial charge in [0.15, 0.2) is 6.29 Å². The number of benzene rings is 1. The van der Waals surface area contributed by atoms with Crippen LogP contribution in [-0.4, -0.2) is 22.7 Å². The minimum atomic E-state index is 0.623. The van der Waals surface area contributed by atoms with E-state index in [0.717, 1.165) is 36.3 Å². The molecule has 1 aromatic heterocycles. The standard InChI is InChI=1S/C15H18N2O2/c1-3-9-17-10-13(11-18)15(16-17)12-5-7-14(8-6-12)19-4-2/h5-8,10-11H,3-4,9H2,1-2H3. The van der Waals surface area contributed by atoms with E-state index in [0.29, 0.717) is 12.2 Å². The molecule has 2 aromatic rings. The lowest BCUT2D eigenvalue weighted by Crippen LogP contribution is -1.96. The summed E-state index contributed by atoms with van der Waals surface area (Å²) < 4.78 is 7.22. The summed E-state index contributed by atoms with van der Waals surface area (Å²) in [5, 5.41) is 4.46. The molecule has 0 radical (unpaired) electrons. The van der Waals surface area contributed by atoms with Gasteiger partial charge in [0.05, 0.1) is 12.2 Å². The molecule has 0 aliphatic heterocycles. The van der Waals surface area contributed by atoms with E-state index in [4.69, 9.17) is 4.74 Å². The number of ether oxygens (including phenoxy) is 1. The Labute approximate surface area is 113 Å². The molecule has 0 saturated heterocycles. The van der Waals surface area contributed by atoms with Gasteiger partial charge in [-0.3, -0.25) is 9.48 Å². The van der Waals surface area contributed by atoms with Gasteiger partial charge in [0.25, 0.3) is 0 Å². The summed E-state index contributed by atoms with van der Waals surface area (Å²) in [4.78, 5) is 11.1.